The summed E-state index contributed by atoms with van der Waals surface area (Å²) < 4.78 is 1.09. The monoisotopic (exact) mass is 294 g/mol. The second kappa shape index (κ2) is 6.68. The van der Waals surface area contributed by atoms with E-state index in [2.05, 4.69) is 64.1 Å². The van der Waals surface area contributed by atoms with Crippen LogP contribution in [0.15, 0.2) is 22.7 Å². The molecule has 0 heterocycles. The van der Waals surface area contributed by atoms with Crippen LogP contribution in [0.3, 0.4) is 0 Å². The van der Waals surface area contributed by atoms with Gasteiger partial charge in [-0.2, -0.15) is 0 Å². The van der Waals surface area contributed by atoms with Gasteiger partial charge in [0.15, 0.2) is 0 Å². The summed E-state index contributed by atoms with van der Waals surface area (Å²) in [6.45, 7) is 5.82. The number of benzene rings is 1. The number of hydrogen-bond donors (Lipinski definition) is 1. The summed E-state index contributed by atoms with van der Waals surface area (Å²) in [6, 6.07) is 6.62. The standard InChI is InChI=1S/C14H19BrN2/c1-5-9-17(6-2)14-8-7-12(15)10-13(14)11(3)16-4/h1,7-8,10-11,16H,6,9H2,2-4H3. The number of anilines is 1. The van der Waals surface area contributed by atoms with Crippen LogP contribution in [0.5, 0.6) is 0 Å². The number of nitrogens with one attached hydrogen (secondary N) is 1. The summed E-state index contributed by atoms with van der Waals surface area (Å²) in [5, 5.41) is 3.27. The molecular weight excluding hydrogens is 276 g/mol. The summed E-state index contributed by atoms with van der Waals surface area (Å²) in [4.78, 5) is 2.20. The van der Waals surface area contributed by atoms with Crippen LogP contribution >= 0.6 is 15.9 Å². The summed E-state index contributed by atoms with van der Waals surface area (Å²) in [7, 11) is 1.97. The zero-order valence-electron chi connectivity index (χ0n) is 10.6. The van der Waals surface area contributed by atoms with Gasteiger partial charge in [-0.15, -0.1) is 6.42 Å². The third-order valence-electron chi connectivity index (χ3n) is 2.89. The fraction of sp³-hybridized carbons (Fsp3) is 0.429. The first kappa shape index (κ1) is 14.1. The topological polar surface area (TPSA) is 15.3 Å². The van der Waals surface area contributed by atoms with Crippen molar-refractivity contribution in [3.05, 3.63) is 28.2 Å². The predicted octanol–water partition coefficient (Wildman–Crippen LogP) is 3.19. The Bertz CT molecular complexity index is 409. The maximum absolute atomic E-state index is 5.41. The molecule has 0 saturated carbocycles. The smallest absolute Gasteiger partial charge is 0.0791 e. The Balaban J connectivity index is 3.17. The molecule has 0 aliphatic rings. The first-order chi connectivity index (χ1) is 8.13. The van der Waals surface area contributed by atoms with Crippen LogP contribution in [-0.4, -0.2) is 20.1 Å². The molecule has 1 rings (SSSR count). The number of nitrogens with zero attached hydrogens (tertiary/aromatic N) is 1. The number of rotatable bonds is 5. The fourth-order valence-electron chi connectivity index (χ4n) is 1.79. The Hall–Kier alpha value is -0.980. The van der Waals surface area contributed by atoms with E-state index in [1.807, 2.05) is 7.05 Å². The van der Waals surface area contributed by atoms with E-state index < -0.39 is 0 Å². The molecule has 92 valence electrons. The van der Waals surface area contributed by atoms with Crippen LogP contribution in [0, 0.1) is 12.3 Å². The van der Waals surface area contributed by atoms with E-state index in [0.717, 1.165) is 11.0 Å². The summed E-state index contributed by atoms with van der Waals surface area (Å²) in [6.07, 6.45) is 5.41. The quantitative estimate of drug-likeness (QED) is 0.839. The van der Waals surface area contributed by atoms with E-state index >= 15 is 0 Å². The van der Waals surface area contributed by atoms with Crippen molar-refractivity contribution in [2.75, 3.05) is 25.0 Å². The average molecular weight is 295 g/mol. The summed E-state index contributed by atoms with van der Waals surface area (Å²) in [5.41, 5.74) is 2.47. The molecule has 0 fully saturated rings. The first-order valence-corrected chi connectivity index (χ1v) is 6.58. The van der Waals surface area contributed by atoms with E-state index in [4.69, 9.17) is 6.42 Å². The maximum Gasteiger partial charge on any atom is 0.0791 e. The van der Waals surface area contributed by atoms with Gasteiger partial charge >= 0.3 is 0 Å². The summed E-state index contributed by atoms with van der Waals surface area (Å²) >= 11 is 3.52. The van der Waals surface area contributed by atoms with E-state index in [0.29, 0.717) is 12.6 Å². The molecular formula is C14H19BrN2. The molecule has 1 aromatic carbocycles. The average Bonchev–Trinajstić information content (AvgIpc) is 2.35. The molecule has 2 nitrogen and oxygen atoms in total. The maximum atomic E-state index is 5.41. The minimum atomic E-state index is 0.300. The Morgan fingerprint density at radius 2 is 2.24 bits per heavy atom. The lowest BCUT2D eigenvalue weighted by atomic mass is 10.1. The molecule has 17 heavy (non-hydrogen) atoms. The van der Waals surface area contributed by atoms with Crippen molar-refractivity contribution in [3.63, 3.8) is 0 Å². The highest BCUT2D eigenvalue weighted by molar-refractivity contribution is 9.10. The first-order valence-electron chi connectivity index (χ1n) is 5.79. The van der Waals surface area contributed by atoms with Crippen molar-refractivity contribution in [1.29, 1.82) is 0 Å². The fourth-order valence-corrected chi connectivity index (χ4v) is 2.17. The van der Waals surface area contributed by atoms with Crippen molar-refractivity contribution in [2.24, 2.45) is 0 Å². The molecule has 1 unspecified atom stereocenters. The number of terminal acetylenes is 1. The molecule has 0 radical (unpaired) electrons. The molecule has 1 aromatic rings. The van der Waals surface area contributed by atoms with Gasteiger partial charge < -0.3 is 10.2 Å². The highest BCUT2D eigenvalue weighted by Gasteiger charge is 2.13. The molecule has 3 heteroatoms. The SMILES string of the molecule is C#CCN(CC)c1ccc(Br)cc1C(C)NC. The van der Waals surface area contributed by atoms with Gasteiger partial charge in [-0.25, -0.2) is 0 Å². The molecule has 0 spiro atoms. The van der Waals surface area contributed by atoms with Crippen LogP contribution in [0.1, 0.15) is 25.5 Å². The number of halogens is 1. The van der Waals surface area contributed by atoms with E-state index in [1.54, 1.807) is 0 Å². The lowest BCUT2D eigenvalue weighted by molar-refractivity contribution is 0.649. The Morgan fingerprint density at radius 1 is 1.53 bits per heavy atom. The van der Waals surface area contributed by atoms with Crippen LogP contribution in [0.2, 0.25) is 0 Å². The molecule has 0 aliphatic heterocycles. The van der Waals surface area contributed by atoms with Crippen LogP contribution in [-0.2, 0) is 0 Å². The van der Waals surface area contributed by atoms with Crippen molar-refractivity contribution in [1.82, 2.24) is 5.32 Å². The predicted molar refractivity (Wildman–Crippen MR) is 78.3 cm³/mol. The zero-order chi connectivity index (χ0) is 12.8. The van der Waals surface area contributed by atoms with Gasteiger partial charge in [0.1, 0.15) is 0 Å². The third-order valence-corrected chi connectivity index (χ3v) is 3.39. The van der Waals surface area contributed by atoms with E-state index in [-0.39, 0.29) is 0 Å². The van der Waals surface area contributed by atoms with Gasteiger partial charge in [0.2, 0.25) is 0 Å². The second-order valence-electron chi connectivity index (χ2n) is 3.93. The summed E-state index contributed by atoms with van der Waals surface area (Å²) in [5.74, 6) is 2.71. The van der Waals surface area contributed by atoms with Crippen molar-refractivity contribution in [2.45, 2.75) is 19.9 Å². The van der Waals surface area contributed by atoms with Gasteiger partial charge in [0.05, 0.1) is 6.54 Å². The van der Waals surface area contributed by atoms with Gasteiger partial charge in [-0.1, -0.05) is 21.9 Å². The zero-order valence-corrected chi connectivity index (χ0v) is 12.2. The molecule has 1 N–H and O–H groups in total. The van der Waals surface area contributed by atoms with Gasteiger partial charge in [-0.3, -0.25) is 0 Å². The van der Waals surface area contributed by atoms with Crippen LogP contribution < -0.4 is 10.2 Å². The van der Waals surface area contributed by atoms with Crippen molar-refractivity contribution in [3.8, 4) is 12.3 Å². The highest BCUT2D eigenvalue weighted by Crippen LogP contribution is 2.29. The van der Waals surface area contributed by atoms with Gasteiger partial charge in [-0.05, 0) is 44.7 Å². The number of hydrogen-bond acceptors (Lipinski definition) is 2. The van der Waals surface area contributed by atoms with E-state index in [9.17, 15) is 0 Å². The Labute approximate surface area is 113 Å². The second-order valence-corrected chi connectivity index (χ2v) is 4.85. The van der Waals surface area contributed by atoms with Gasteiger partial charge in [0.25, 0.3) is 0 Å². The molecule has 0 aliphatic carbocycles. The largest absolute Gasteiger partial charge is 0.360 e. The normalized spacial score (nSPS) is 11.9. The minimum Gasteiger partial charge on any atom is -0.360 e. The molecule has 1 atom stereocenters. The Morgan fingerprint density at radius 3 is 2.76 bits per heavy atom. The van der Waals surface area contributed by atoms with Crippen LogP contribution in [0.25, 0.3) is 0 Å². The molecule has 0 amide bonds. The molecule has 0 bridgehead atoms. The van der Waals surface area contributed by atoms with Gasteiger partial charge in [0, 0.05) is 22.7 Å². The molecule has 0 aromatic heterocycles. The lowest BCUT2D eigenvalue weighted by Crippen LogP contribution is -2.26. The van der Waals surface area contributed by atoms with Crippen molar-refractivity contribution >= 4 is 21.6 Å². The molecule has 0 saturated heterocycles. The van der Waals surface area contributed by atoms with Crippen molar-refractivity contribution < 1.29 is 0 Å². The Kier molecular flexibility index (Phi) is 5.54. The van der Waals surface area contributed by atoms with Crippen LogP contribution in [0.4, 0.5) is 5.69 Å². The lowest BCUT2D eigenvalue weighted by Gasteiger charge is -2.26. The van der Waals surface area contributed by atoms with E-state index in [1.165, 1.54) is 11.3 Å². The third kappa shape index (κ3) is 3.49. The minimum absolute atomic E-state index is 0.300. The highest BCUT2D eigenvalue weighted by atomic mass is 79.9.